The van der Waals surface area contributed by atoms with E-state index in [9.17, 15) is 9.59 Å². The van der Waals surface area contributed by atoms with Crippen molar-refractivity contribution in [2.75, 3.05) is 37.2 Å². The highest BCUT2D eigenvalue weighted by Gasteiger charge is 2.22. The van der Waals surface area contributed by atoms with Crippen molar-refractivity contribution < 1.29 is 14.3 Å². The zero-order valence-electron chi connectivity index (χ0n) is 18.3. The number of thioether (sulfide) groups is 1. The summed E-state index contributed by atoms with van der Waals surface area (Å²) in [5.41, 5.74) is 3.24. The molecule has 1 aromatic carbocycles. The zero-order chi connectivity index (χ0) is 22.7. The number of rotatable bonds is 7. The molecule has 3 rings (SSSR count). The largest absolute Gasteiger partial charge is 0.465 e. The second kappa shape index (κ2) is 9.52. The van der Waals surface area contributed by atoms with Crippen molar-refractivity contribution in [2.45, 2.75) is 19.0 Å². The average molecular weight is 460 g/mol. The van der Waals surface area contributed by atoms with E-state index in [1.807, 2.05) is 68.7 Å². The first-order valence-corrected chi connectivity index (χ1v) is 11.3. The molecule has 0 aliphatic carbocycles. The van der Waals surface area contributed by atoms with Crippen molar-refractivity contribution in [3.63, 3.8) is 0 Å². The van der Waals surface area contributed by atoms with Gasteiger partial charge >= 0.3 is 5.97 Å². The molecule has 3 aromatic rings. The van der Waals surface area contributed by atoms with Gasteiger partial charge in [-0.25, -0.2) is 4.79 Å². The van der Waals surface area contributed by atoms with Crippen LogP contribution in [0.25, 0.3) is 11.4 Å². The molecule has 0 spiro atoms. The fourth-order valence-corrected chi connectivity index (χ4v) is 4.75. The van der Waals surface area contributed by atoms with E-state index < -0.39 is 5.97 Å². The molecular weight excluding hydrogens is 434 g/mol. The van der Waals surface area contributed by atoms with E-state index in [2.05, 4.69) is 15.5 Å². The Labute approximate surface area is 189 Å². The summed E-state index contributed by atoms with van der Waals surface area (Å²) in [5.74, 6) is 0.183. The summed E-state index contributed by atoms with van der Waals surface area (Å²) in [5, 5.41) is 12.5. The van der Waals surface area contributed by atoms with Gasteiger partial charge in [0.2, 0.25) is 5.91 Å². The molecule has 0 saturated heterocycles. The van der Waals surface area contributed by atoms with Gasteiger partial charge in [0.1, 0.15) is 5.00 Å². The number of amides is 1. The van der Waals surface area contributed by atoms with Crippen LogP contribution in [0.2, 0.25) is 0 Å². The Kier molecular flexibility index (Phi) is 7.01. The minimum absolute atomic E-state index is 0.139. The Morgan fingerprint density at radius 1 is 1.26 bits per heavy atom. The Bertz CT molecular complexity index is 1120. The van der Waals surface area contributed by atoms with Crippen molar-refractivity contribution in [1.82, 2.24) is 14.8 Å². The van der Waals surface area contributed by atoms with Crippen molar-refractivity contribution in [2.24, 2.45) is 7.05 Å². The summed E-state index contributed by atoms with van der Waals surface area (Å²) in [7, 11) is 7.17. The summed E-state index contributed by atoms with van der Waals surface area (Å²) in [4.78, 5) is 27.6. The Balaban J connectivity index is 1.71. The molecule has 1 N–H and O–H groups in total. The highest BCUT2D eigenvalue weighted by molar-refractivity contribution is 7.99. The van der Waals surface area contributed by atoms with E-state index in [4.69, 9.17) is 4.74 Å². The summed E-state index contributed by atoms with van der Waals surface area (Å²) in [6, 6.07) is 8.02. The monoisotopic (exact) mass is 459 g/mol. The molecule has 10 heteroatoms. The van der Waals surface area contributed by atoms with Gasteiger partial charge in [0.25, 0.3) is 0 Å². The number of nitrogens with one attached hydrogen (secondary N) is 1. The predicted octanol–water partition coefficient (Wildman–Crippen LogP) is 3.74. The van der Waals surface area contributed by atoms with Gasteiger partial charge in [-0.1, -0.05) is 23.9 Å². The molecule has 0 saturated carbocycles. The first kappa shape index (κ1) is 22.8. The van der Waals surface area contributed by atoms with Gasteiger partial charge in [-0.15, -0.1) is 21.5 Å². The third-order valence-electron chi connectivity index (χ3n) is 4.82. The second-order valence-electron chi connectivity index (χ2n) is 7.13. The third kappa shape index (κ3) is 4.91. The standard InChI is InChI=1S/C21H25N5O3S2/c1-12-13(2)31-19(17(12)20(28)29-6)22-16(27)11-30-21-24-23-18(26(21)5)14-8-7-9-15(10-14)25(3)4/h7-10H,11H2,1-6H3,(H,22,27). The van der Waals surface area contributed by atoms with Crippen LogP contribution in [0.1, 0.15) is 20.8 Å². The third-order valence-corrected chi connectivity index (χ3v) is 6.96. The van der Waals surface area contributed by atoms with Crippen LogP contribution in [0.15, 0.2) is 29.4 Å². The van der Waals surface area contributed by atoms with Crippen LogP contribution in [0, 0.1) is 13.8 Å². The van der Waals surface area contributed by atoms with Crippen molar-refractivity contribution in [3.8, 4) is 11.4 Å². The molecular formula is C21H25N5O3S2. The van der Waals surface area contributed by atoms with Crippen molar-refractivity contribution in [1.29, 1.82) is 0 Å². The van der Waals surface area contributed by atoms with Gasteiger partial charge < -0.3 is 19.5 Å². The molecule has 8 nitrogen and oxygen atoms in total. The van der Waals surface area contributed by atoms with Crippen LogP contribution in [0.5, 0.6) is 0 Å². The number of anilines is 2. The molecule has 0 bridgehead atoms. The smallest absolute Gasteiger partial charge is 0.341 e. The lowest BCUT2D eigenvalue weighted by atomic mass is 10.1. The fourth-order valence-electron chi connectivity index (χ4n) is 2.97. The highest BCUT2D eigenvalue weighted by atomic mass is 32.2. The summed E-state index contributed by atoms with van der Waals surface area (Å²) in [6.45, 7) is 3.75. The number of aromatic nitrogens is 3. The number of esters is 1. The number of benzene rings is 1. The molecule has 0 aliphatic heterocycles. The van der Waals surface area contributed by atoms with Gasteiger partial charge in [0.15, 0.2) is 11.0 Å². The van der Waals surface area contributed by atoms with Gasteiger partial charge in [0.05, 0.1) is 18.4 Å². The van der Waals surface area contributed by atoms with Gasteiger partial charge in [-0.3, -0.25) is 4.79 Å². The number of aryl methyl sites for hydroxylation is 1. The van der Waals surface area contributed by atoms with Crippen LogP contribution in [-0.2, 0) is 16.6 Å². The molecule has 31 heavy (non-hydrogen) atoms. The average Bonchev–Trinajstić information content (AvgIpc) is 3.24. The minimum Gasteiger partial charge on any atom is -0.465 e. The van der Waals surface area contributed by atoms with Crippen LogP contribution >= 0.6 is 23.1 Å². The van der Waals surface area contributed by atoms with E-state index in [-0.39, 0.29) is 11.7 Å². The lowest BCUT2D eigenvalue weighted by Gasteiger charge is -2.13. The van der Waals surface area contributed by atoms with E-state index in [1.165, 1.54) is 30.2 Å². The normalized spacial score (nSPS) is 10.8. The van der Waals surface area contributed by atoms with E-state index in [1.54, 1.807) is 0 Å². The number of hydrogen-bond acceptors (Lipinski definition) is 8. The molecule has 0 unspecified atom stereocenters. The van der Waals surface area contributed by atoms with Crippen LogP contribution in [0.4, 0.5) is 10.7 Å². The molecule has 2 aromatic heterocycles. The van der Waals surface area contributed by atoms with E-state index in [0.29, 0.717) is 15.7 Å². The van der Waals surface area contributed by atoms with E-state index in [0.717, 1.165) is 27.5 Å². The molecule has 0 aliphatic rings. The predicted molar refractivity (Wildman–Crippen MR) is 125 cm³/mol. The van der Waals surface area contributed by atoms with Crippen molar-refractivity contribution >= 4 is 45.7 Å². The maximum absolute atomic E-state index is 12.5. The molecule has 0 radical (unpaired) electrons. The quantitative estimate of drug-likeness (QED) is 0.425. The molecule has 1 amide bonds. The van der Waals surface area contributed by atoms with Crippen molar-refractivity contribution in [3.05, 3.63) is 40.3 Å². The second-order valence-corrected chi connectivity index (χ2v) is 9.29. The van der Waals surface area contributed by atoms with Crippen LogP contribution in [0.3, 0.4) is 0 Å². The molecule has 164 valence electrons. The highest BCUT2D eigenvalue weighted by Crippen LogP contribution is 2.33. The number of hydrogen-bond donors (Lipinski definition) is 1. The lowest BCUT2D eigenvalue weighted by molar-refractivity contribution is -0.113. The number of carbonyl (C=O) groups is 2. The maximum atomic E-state index is 12.5. The van der Waals surface area contributed by atoms with Gasteiger partial charge in [0, 0.05) is 37.3 Å². The molecule has 0 atom stereocenters. The minimum atomic E-state index is -0.456. The maximum Gasteiger partial charge on any atom is 0.341 e. The van der Waals surface area contributed by atoms with Crippen LogP contribution in [-0.4, -0.2) is 53.6 Å². The Morgan fingerprint density at radius 2 is 2.00 bits per heavy atom. The number of thiophene rings is 1. The molecule has 2 heterocycles. The Morgan fingerprint density at radius 3 is 2.68 bits per heavy atom. The van der Waals surface area contributed by atoms with Gasteiger partial charge in [-0.2, -0.15) is 0 Å². The van der Waals surface area contributed by atoms with E-state index >= 15 is 0 Å². The molecule has 0 fully saturated rings. The fraction of sp³-hybridized carbons (Fsp3) is 0.333. The summed E-state index contributed by atoms with van der Waals surface area (Å²) < 4.78 is 6.72. The first-order chi connectivity index (χ1) is 14.7. The SMILES string of the molecule is COC(=O)c1c(NC(=O)CSc2nnc(-c3cccc(N(C)C)c3)n2C)sc(C)c1C. The summed E-state index contributed by atoms with van der Waals surface area (Å²) in [6.07, 6.45) is 0. The number of methoxy groups -OCH3 is 1. The topological polar surface area (TPSA) is 89.3 Å². The number of nitrogens with zero attached hydrogens (tertiary/aromatic N) is 4. The van der Waals surface area contributed by atoms with Crippen LogP contribution < -0.4 is 10.2 Å². The summed E-state index contributed by atoms with van der Waals surface area (Å²) >= 11 is 2.65. The first-order valence-electron chi connectivity index (χ1n) is 9.51. The Hall–Kier alpha value is -2.85. The van der Waals surface area contributed by atoms with Gasteiger partial charge in [-0.05, 0) is 31.5 Å². The number of carbonyl (C=O) groups excluding carboxylic acids is 2. The lowest BCUT2D eigenvalue weighted by Crippen LogP contribution is -2.16. The zero-order valence-corrected chi connectivity index (χ0v) is 20.0. The number of ether oxygens (including phenoxy) is 1.